The maximum Gasteiger partial charge on any atom is 0.306 e. The molecule has 0 aliphatic carbocycles. The second-order valence-corrected chi connectivity index (χ2v) is 16.5. The van der Waals surface area contributed by atoms with Gasteiger partial charge >= 0.3 is 17.9 Å². The Morgan fingerprint density at radius 1 is 0.358 bits per heavy atom. The molecule has 0 saturated carbocycles. The summed E-state index contributed by atoms with van der Waals surface area (Å²) in [6, 6.07) is 0. The summed E-state index contributed by atoms with van der Waals surface area (Å²) in [6.45, 7) is 8.93. The van der Waals surface area contributed by atoms with Gasteiger partial charge < -0.3 is 14.2 Å². The molecule has 0 fully saturated rings. The van der Waals surface area contributed by atoms with Gasteiger partial charge in [-0.1, -0.05) is 220 Å². The summed E-state index contributed by atoms with van der Waals surface area (Å²) in [5.74, 6) is -0.0936. The van der Waals surface area contributed by atoms with Gasteiger partial charge in [0, 0.05) is 19.3 Å². The van der Waals surface area contributed by atoms with Gasteiger partial charge in [0.05, 0.1) is 0 Å². The van der Waals surface area contributed by atoms with Crippen molar-refractivity contribution in [1.29, 1.82) is 0 Å². The highest BCUT2D eigenvalue weighted by molar-refractivity contribution is 5.71. The Morgan fingerprint density at radius 3 is 0.925 bits per heavy atom. The van der Waals surface area contributed by atoms with Gasteiger partial charge in [-0.2, -0.15) is 0 Å². The van der Waals surface area contributed by atoms with Crippen LogP contribution in [-0.2, 0) is 28.6 Å². The van der Waals surface area contributed by atoms with Crippen LogP contribution in [0, 0.1) is 5.92 Å². The van der Waals surface area contributed by atoms with E-state index in [1.807, 2.05) is 0 Å². The summed E-state index contributed by atoms with van der Waals surface area (Å²) in [6.07, 6.45) is 41.0. The molecule has 0 unspecified atom stereocenters. The Balaban J connectivity index is 4.30. The fraction of sp³-hybridized carbons (Fsp3) is 0.936. The molecule has 0 N–H and O–H groups in total. The first-order valence-corrected chi connectivity index (χ1v) is 23.4. The largest absolute Gasteiger partial charge is 0.462 e. The highest BCUT2D eigenvalue weighted by Gasteiger charge is 2.19. The third-order valence-electron chi connectivity index (χ3n) is 10.5. The molecule has 53 heavy (non-hydrogen) atoms. The average molecular weight is 751 g/mol. The van der Waals surface area contributed by atoms with Crippen LogP contribution in [0.4, 0.5) is 0 Å². The Kier molecular flexibility index (Phi) is 40.3. The molecular formula is C47H90O6. The number of carbonyl (C=O) groups is 3. The van der Waals surface area contributed by atoms with Gasteiger partial charge in [-0.3, -0.25) is 14.4 Å². The molecule has 6 heteroatoms. The van der Waals surface area contributed by atoms with Gasteiger partial charge in [0.2, 0.25) is 0 Å². The van der Waals surface area contributed by atoms with Crippen molar-refractivity contribution in [1.82, 2.24) is 0 Å². The SMILES string of the molecule is CCCCCCCCCCCCCCCCCC(=O)O[C@H](COC(=O)CCCCCCCCCCCCC)COC(=O)CCCCCCCCC(C)C. The predicted molar refractivity (Wildman–Crippen MR) is 224 cm³/mol. The lowest BCUT2D eigenvalue weighted by atomic mass is 10.0. The molecule has 0 spiro atoms. The summed E-state index contributed by atoms with van der Waals surface area (Å²) in [7, 11) is 0. The summed E-state index contributed by atoms with van der Waals surface area (Å²) < 4.78 is 16.7. The number of carbonyl (C=O) groups excluding carboxylic acids is 3. The third-order valence-corrected chi connectivity index (χ3v) is 10.5. The molecule has 314 valence electrons. The summed E-state index contributed by atoms with van der Waals surface area (Å²) in [4.78, 5) is 37.7. The normalized spacial score (nSPS) is 11.9. The standard InChI is InChI=1S/C47H90O6/c1-5-7-9-11-13-15-17-18-19-20-22-24-26-32-36-40-47(50)53-44(42-52-46(49)39-35-31-28-27-29-33-37-43(3)4)41-51-45(48)38-34-30-25-23-21-16-14-12-10-8-6-2/h43-44H,5-42H2,1-4H3/t44-/m1/s1. The quantitative estimate of drug-likeness (QED) is 0.0351. The van der Waals surface area contributed by atoms with Crippen molar-refractivity contribution >= 4 is 17.9 Å². The Labute approximate surface area is 329 Å². The van der Waals surface area contributed by atoms with Crippen LogP contribution >= 0.6 is 0 Å². The molecule has 0 amide bonds. The summed E-state index contributed by atoms with van der Waals surface area (Å²) >= 11 is 0. The van der Waals surface area contributed by atoms with Crippen LogP contribution in [0.3, 0.4) is 0 Å². The summed E-state index contributed by atoms with van der Waals surface area (Å²) in [5.41, 5.74) is 0. The molecule has 0 aromatic rings. The van der Waals surface area contributed by atoms with E-state index in [-0.39, 0.29) is 31.1 Å². The number of hydrogen-bond acceptors (Lipinski definition) is 6. The number of unbranched alkanes of at least 4 members (excludes halogenated alkanes) is 29. The Bertz CT molecular complexity index is 796. The molecule has 0 saturated heterocycles. The monoisotopic (exact) mass is 751 g/mol. The van der Waals surface area contributed by atoms with E-state index in [4.69, 9.17) is 14.2 Å². The van der Waals surface area contributed by atoms with E-state index in [9.17, 15) is 14.4 Å². The minimum Gasteiger partial charge on any atom is -0.462 e. The van der Waals surface area contributed by atoms with Gasteiger partial charge in [0.15, 0.2) is 6.10 Å². The number of rotatable bonds is 42. The molecule has 0 bridgehead atoms. The van der Waals surface area contributed by atoms with Gasteiger partial charge in [0.25, 0.3) is 0 Å². The zero-order valence-corrected chi connectivity index (χ0v) is 36.0. The molecule has 0 aromatic heterocycles. The lowest BCUT2D eigenvalue weighted by molar-refractivity contribution is -0.167. The van der Waals surface area contributed by atoms with Gasteiger partial charge in [0.1, 0.15) is 13.2 Å². The van der Waals surface area contributed by atoms with Crippen molar-refractivity contribution in [3.05, 3.63) is 0 Å². The van der Waals surface area contributed by atoms with Crippen LogP contribution in [0.25, 0.3) is 0 Å². The lowest BCUT2D eigenvalue weighted by Crippen LogP contribution is -2.30. The van der Waals surface area contributed by atoms with Crippen molar-refractivity contribution in [2.45, 2.75) is 265 Å². The van der Waals surface area contributed by atoms with Crippen molar-refractivity contribution < 1.29 is 28.6 Å². The van der Waals surface area contributed by atoms with Gasteiger partial charge in [-0.25, -0.2) is 0 Å². The maximum absolute atomic E-state index is 12.7. The number of esters is 3. The van der Waals surface area contributed by atoms with Crippen LogP contribution in [0.2, 0.25) is 0 Å². The first-order chi connectivity index (χ1) is 25.9. The molecule has 1 atom stereocenters. The van der Waals surface area contributed by atoms with Crippen molar-refractivity contribution in [2.24, 2.45) is 5.92 Å². The van der Waals surface area contributed by atoms with E-state index in [1.54, 1.807) is 0 Å². The minimum atomic E-state index is -0.759. The van der Waals surface area contributed by atoms with Gasteiger partial charge in [-0.05, 0) is 25.2 Å². The second-order valence-electron chi connectivity index (χ2n) is 16.5. The minimum absolute atomic E-state index is 0.0644. The molecule has 0 aliphatic heterocycles. The molecule has 0 aliphatic rings. The Hall–Kier alpha value is -1.59. The van der Waals surface area contributed by atoms with Crippen LogP contribution in [0.5, 0.6) is 0 Å². The molecule has 0 radical (unpaired) electrons. The lowest BCUT2D eigenvalue weighted by Gasteiger charge is -2.18. The first-order valence-electron chi connectivity index (χ1n) is 23.4. The van der Waals surface area contributed by atoms with Gasteiger partial charge in [-0.15, -0.1) is 0 Å². The van der Waals surface area contributed by atoms with Crippen molar-refractivity contribution in [2.75, 3.05) is 13.2 Å². The molecular weight excluding hydrogens is 661 g/mol. The van der Waals surface area contributed by atoms with Crippen LogP contribution in [0.1, 0.15) is 259 Å². The molecule has 0 rings (SSSR count). The van der Waals surface area contributed by atoms with E-state index in [0.717, 1.165) is 63.7 Å². The van der Waals surface area contributed by atoms with E-state index < -0.39 is 6.10 Å². The van der Waals surface area contributed by atoms with E-state index in [2.05, 4.69) is 27.7 Å². The van der Waals surface area contributed by atoms with E-state index >= 15 is 0 Å². The number of ether oxygens (including phenoxy) is 3. The smallest absolute Gasteiger partial charge is 0.306 e. The summed E-state index contributed by atoms with van der Waals surface area (Å²) in [5, 5.41) is 0. The number of hydrogen-bond donors (Lipinski definition) is 0. The highest BCUT2D eigenvalue weighted by Crippen LogP contribution is 2.16. The zero-order valence-electron chi connectivity index (χ0n) is 36.0. The molecule has 0 heterocycles. The molecule has 6 nitrogen and oxygen atoms in total. The van der Waals surface area contributed by atoms with Crippen molar-refractivity contribution in [3.63, 3.8) is 0 Å². The fourth-order valence-electron chi connectivity index (χ4n) is 6.98. The Morgan fingerprint density at radius 2 is 0.623 bits per heavy atom. The third kappa shape index (κ3) is 41.4. The fourth-order valence-corrected chi connectivity index (χ4v) is 6.98. The van der Waals surface area contributed by atoms with Crippen molar-refractivity contribution in [3.8, 4) is 0 Å². The molecule has 0 aromatic carbocycles. The van der Waals surface area contributed by atoms with Crippen LogP contribution in [0.15, 0.2) is 0 Å². The topological polar surface area (TPSA) is 78.9 Å². The predicted octanol–water partition coefficient (Wildman–Crippen LogP) is 14.7. The average Bonchev–Trinajstić information content (AvgIpc) is 3.14. The first kappa shape index (κ1) is 51.4. The maximum atomic E-state index is 12.7. The highest BCUT2D eigenvalue weighted by atomic mass is 16.6. The van der Waals surface area contributed by atoms with E-state index in [1.165, 1.54) is 154 Å². The second kappa shape index (κ2) is 41.6. The van der Waals surface area contributed by atoms with E-state index in [0.29, 0.717) is 19.3 Å². The zero-order chi connectivity index (χ0) is 38.9. The van der Waals surface area contributed by atoms with Crippen LogP contribution < -0.4 is 0 Å². The van der Waals surface area contributed by atoms with Crippen LogP contribution in [-0.4, -0.2) is 37.2 Å².